The van der Waals surface area contributed by atoms with Crippen molar-refractivity contribution in [3.8, 4) is 0 Å². The van der Waals surface area contributed by atoms with Gasteiger partial charge in [0.05, 0.1) is 0 Å². The van der Waals surface area contributed by atoms with Crippen LogP contribution in [-0.2, 0) is 6.42 Å². The third-order valence-electron chi connectivity index (χ3n) is 2.00. The molecule has 2 nitrogen and oxygen atoms in total. The monoisotopic (exact) mass is 149 g/mol. The minimum absolute atomic E-state index is 0.383. The number of nitrogens with one attached hydrogen (secondary N) is 1. The van der Waals surface area contributed by atoms with Crippen molar-refractivity contribution >= 4 is 5.69 Å². The predicted molar refractivity (Wildman–Crippen MR) is 44.5 cm³/mol. The largest absolute Gasteiger partial charge is 0.373 e. The Hall–Kier alpha value is -1.02. The molecule has 0 fully saturated rings. The molecule has 1 atom stereocenters. The lowest BCUT2D eigenvalue weighted by atomic mass is 10.1. The maximum absolute atomic E-state index is 9.23. The van der Waals surface area contributed by atoms with Crippen molar-refractivity contribution in [1.29, 1.82) is 0 Å². The molecule has 0 aromatic heterocycles. The summed E-state index contributed by atoms with van der Waals surface area (Å²) in [6.07, 6.45) is 0.349. The van der Waals surface area contributed by atoms with E-state index in [2.05, 4.69) is 23.5 Å². The Morgan fingerprint density at radius 3 is 3.18 bits per heavy atom. The van der Waals surface area contributed by atoms with Crippen LogP contribution in [0.5, 0.6) is 0 Å². The second kappa shape index (κ2) is 2.24. The highest BCUT2D eigenvalue weighted by Gasteiger charge is 2.16. The molecule has 1 heterocycles. The minimum Gasteiger partial charge on any atom is -0.373 e. The van der Waals surface area contributed by atoms with Crippen LogP contribution in [0.15, 0.2) is 18.2 Å². The summed E-state index contributed by atoms with van der Waals surface area (Å²) in [5, 5.41) is 12.2. The van der Waals surface area contributed by atoms with Gasteiger partial charge in [-0.25, -0.2) is 0 Å². The molecule has 58 valence electrons. The lowest BCUT2D eigenvalue weighted by Gasteiger charge is -2.01. The van der Waals surface area contributed by atoms with Gasteiger partial charge in [0.15, 0.2) is 0 Å². The second-order valence-electron chi connectivity index (χ2n) is 3.02. The van der Waals surface area contributed by atoms with Crippen molar-refractivity contribution in [3.05, 3.63) is 29.3 Å². The van der Waals surface area contributed by atoms with Gasteiger partial charge in [-0.1, -0.05) is 12.1 Å². The fourth-order valence-electron chi connectivity index (χ4n) is 1.44. The summed E-state index contributed by atoms with van der Waals surface area (Å²) in [6, 6.07) is 6.19. The summed E-state index contributed by atoms with van der Waals surface area (Å²) >= 11 is 0. The molecule has 1 unspecified atom stereocenters. The zero-order valence-electron chi connectivity index (χ0n) is 6.46. The molecule has 2 rings (SSSR count). The first-order valence-electron chi connectivity index (χ1n) is 3.80. The fraction of sp³-hybridized carbons (Fsp3) is 0.333. The highest BCUT2D eigenvalue weighted by atomic mass is 16.3. The smallest absolute Gasteiger partial charge is 0.128 e. The number of aryl methyl sites for hydroxylation is 1. The minimum atomic E-state index is -0.383. The summed E-state index contributed by atoms with van der Waals surface area (Å²) in [5.41, 5.74) is 3.52. The van der Waals surface area contributed by atoms with Crippen molar-refractivity contribution in [3.63, 3.8) is 0 Å². The van der Waals surface area contributed by atoms with Crippen molar-refractivity contribution < 1.29 is 5.11 Å². The molecule has 1 aromatic carbocycles. The molecule has 11 heavy (non-hydrogen) atoms. The number of aliphatic hydroxyl groups excluding tert-OH is 1. The van der Waals surface area contributed by atoms with Gasteiger partial charge < -0.3 is 10.4 Å². The van der Waals surface area contributed by atoms with Crippen LogP contribution in [0.25, 0.3) is 0 Å². The van der Waals surface area contributed by atoms with Crippen LogP contribution in [0, 0.1) is 6.92 Å². The molecule has 0 amide bonds. The van der Waals surface area contributed by atoms with Crippen LogP contribution in [0.1, 0.15) is 11.1 Å². The molecular formula is C9H11NO. The van der Waals surface area contributed by atoms with E-state index in [0.717, 1.165) is 12.1 Å². The molecule has 0 saturated carbocycles. The zero-order valence-corrected chi connectivity index (χ0v) is 6.46. The maximum Gasteiger partial charge on any atom is 0.128 e. The van der Waals surface area contributed by atoms with Gasteiger partial charge in [0.1, 0.15) is 6.23 Å². The van der Waals surface area contributed by atoms with Gasteiger partial charge in [-0.2, -0.15) is 0 Å². The topological polar surface area (TPSA) is 32.3 Å². The van der Waals surface area contributed by atoms with Crippen LogP contribution in [-0.4, -0.2) is 11.3 Å². The van der Waals surface area contributed by atoms with E-state index in [9.17, 15) is 5.11 Å². The van der Waals surface area contributed by atoms with Crippen LogP contribution < -0.4 is 5.32 Å². The Morgan fingerprint density at radius 1 is 1.55 bits per heavy atom. The summed E-state index contributed by atoms with van der Waals surface area (Å²) in [5.74, 6) is 0. The first-order valence-corrected chi connectivity index (χ1v) is 3.80. The lowest BCUT2D eigenvalue weighted by Crippen LogP contribution is -2.12. The molecule has 1 aliphatic heterocycles. The molecule has 0 saturated heterocycles. The van der Waals surface area contributed by atoms with Crippen LogP contribution in [0.4, 0.5) is 5.69 Å². The molecule has 1 aliphatic rings. The number of fused-ring (bicyclic) bond motifs is 1. The third-order valence-corrected chi connectivity index (χ3v) is 2.00. The Balaban J connectivity index is 2.43. The molecule has 2 N–H and O–H groups in total. The number of anilines is 1. The Bertz CT molecular complexity index is 283. The Labute approximate surface area is 65.9 Å². The SMILES string of the molecule is Cc1ccc2c(c1)NC(O)C2. The van der Waals surface area contributed by atoms with Gasteiger partial charge in [0, 0.05) is 12.1 Å². The number of aliphatic hydroxyl groups is 1. The Morgan fingerprint density at radius 2 is 2.36 bits per heavy atom. The van der Waals surface area contributed by atoms with Gasteiger partial charge >= 0.3 is 0 Å². The number of benzene rings is 1. The molecule has 0 spiro atoms. The lowest BCUT2D eigenvalue weighted by molar-refractivity contribution is 0.212. The van der Waals surface area contributed by atoms with E-state index in [-0.39, 0.29) is 6.23 Å². The quantitative estimate of drug-likeness (QED) is 0.582. The van der Waals surface area contributed by atoms with Gasteiger partial charge in [-0.15, -0.1) is 0 Å². The van der Waals surface area contributed by atoms with Gasteiger partial charge in [-0.3, -0.25) is 0 Å². The van der Waals surface area contributed by atoms with E-state index in [4.69, 9.17) is 0 Å². The van der Waals surface area contributed by atoms with E-state index in [1.54, 1.807) is 0 Å². The number of rotatable bonds is 0. The standard InChI is InChI=1S/C9H11NO/c1-6-2-3-7-5-9(11)10-8(7)4-6/h2-4,9-11H,5H2,1H3. The van der Waals surface area contributed by atoms with Crippen LogP contribution in [0.2, 0.25) is 0 Å². The van der Waals surface area contributed by atoms with Crippen LogP contribution >= 0.6 is 0 Å². The molecular weight excluding hydrogens is 138 g/mol. The average molecular weight is 149 g/mol. The Kier molecular flexibility index (Phi) is 1.36. The fourth-order valence-corrected chi connectivity index (χ4v) is 1.44. The van der Waals surface area contributed by atoms with Gasteiger partial charge in [-0.05, 0) is 24.1 Å². The first kappa shape index (κ1) is 6.68. The zero-order chi connectivity index (χ0) is 7.84. The van der Waals surface area contributed by atoms with E-state index in [1.165, 1.54) is 11.1 Å². The summed E-state index contributed by atoms with van der Waals surface area (Å²) in [7, 11) is 0. The summed E-state index contributed by atoms with van der Waals surface area (Å²) in [4.78, 5) is 0. The van der Waals surface area contributed by atoms with Crippen molar-refractivity contribution in [2.75, 3.05) is 5.32 Å². The van der Waals surface area contributed by atoms with Gasteiger partial charge in [0.2, 0.25) is 0 Å². The molecule has 2 heteroatoms. The second-order valence-corrected chi connectivity index (χ2v) is 3.02. The number of hydrogen-bond acceptors (Lipinski definition) is 2. The van der Waals surface area contributed by atoms with E-state index in [1.807, 2.05) is 6.92 Å². The first-order chi connectivity index (χ1) is 5.25. The highest BCUT2D eigenvalue weighted by Crippen LogP contribution is 2.25. The summed E-state index contributed by atoms with van der Waals surface area (Å²) in [6.45, 7) is 2.05. The van der Waals surface area contributed by atoms with Crippen molar-refractivity contribution in [1.82, 2.24) is 0 Å². The van der Waals surface area contributed by atoms with Crippen molar-refractivity contribution in [2.24, 2.45) is 0 Å². The third kappa shape index (κ3) is 1.10. The molecule has 0 radical (unpaired) electrons. The van der Waals surface area contributed by atoms with Gasteiger partial charge in [0.25, 0.3) is 0 Å². The molecule has 0 aliphatic carbocycles. The maximum atomic E-state index is 9.23. The molecule has 0 bridgehead atoms. The molecule has 1 aromatic rings. The number of hydrogen-bond donors (Lipinski definition) is 2. The normalized spacial score (nSPS) is 21.1. The van der Waals surface area contributed by atoms with E-state index >= 15 is 0 Å². The predicted octanol–water partition coefficient (Wildman–Crippen LogP) is 1.28. The summed E-state index contributed by atoms with van der Waals surface area (Å²) < 4.78 is 0. The average Bonchev–Trinajstić information content (AvgIpc) is 2.27. The van der Waals surface area contributed by atoms with Crippen LogP contribution in [0.3, 0.4) is 0 Å². The van der Waals surface area contributed by atoms with E-state index in [0.29, 0.717) is 0 Å². The highest BCUT2D eigenvalue weighted by molar-refractivity contribution is 5.57. The van der Waals surface area contributed by atoms with Crippen molar-refractivity contribution in [2.45, 2.75) is 19.6 Å². The van der Waals surface area contributed by atoms with E-state index < -0.39 is 0 Å².